The van der Waals surface area contributed by atoms with Crippen LogP contribution in [0, 0.1) is 0 Å². The average molecular weight is 426 g/mol. The van der Waals surface area contributed by atoms with Gasteiger partial charge in [0.2, 0.25) is 0 Å². The monoisotopic (exact) mass is 424 g/mol. The largest absolute Gasteiger partial charge is 0.495 e. The zero-order valence-corrected chi connectivity index (χ0v) is 16.1. The first-order valence-electron chi connectivity index (χ1n) is 7.85. The summed E-state index contributed by atoms with van der Waals surface area (Å²) in [6.45, 7) is 3.16. The number of ether oxygens (including phenoxy) is 2. The number of hydrogen-bond acceptors (Lipinski definition) is 4. The van der Waals surface area contributed by atoms with E-state index in [1.807, 2.05) is 18.2 Å². The van der Waals surface area contributed by atoms with Crippen molar-refractivity contribution in [2.75, 3.05) is 43.6 Å². The first-order chi connectivity index (χ1) is 12.1. The maximum atomic E-state index is 12.4. The number of methoxy groups -OCH3 is 1. The number of anilines is 2. The zero-order chi connectivity index (χ0) is 17.8. The molecule has 0 spiro atoms. The van der Waals surface area contributed by atoms with E-state index in [4.69, 9.17) is 21.1 Å². The van der Waals surface area contributed by atoms with E-state index in [2.05, 4.69) is 26.1 Å². The molecule has 1 saturated heterocycles. The number of rotatable bonds is 4. The third-order valence-corrected chi connectivity index (χ3v) is 4.90. The second-order valence-electron chi connectivity index (χ2n) is 5.57. The summed E-state index contributed by atoms with van der Waals surface area (Å²) in [7, 11) is 1.54. The lowest BCUT2D eigenvalue weighted by Crippen LogP contribution is -2.36. The Labute approximate surface area is 160 Å². The lowest BCUT2D eigenvalue weighted by Gasteiger charge is -2.29. The van der Waals surface area contributed by atoms with Crippen LogP contribution in [0.4, 0.5) is 11.4 Å². The van der Waals surface area contributed by atoms with Crippen molar-refractivity contribution in [3.63, 3.8) is 0 Å². The highest BCUT2D eigenvalue weighted by atomic mass is 79.9. The van der Waals surface area contributed by atoms with Crippen molar-refractivity contribution in [1.29, 1.82) is 0 Å². The predicted octanol–water partition coefficient (Wildman–Crippen LogP) is 4.20. The highest BCUT2D eigenvalue weighted by molar-refractivity contribution is 9.10. The summed E-state index contributed by atoms with van der Waals surface area (Å²) in [4.78, 5) is 14.7. The molecule has 1 aliphatic rings. The van der Waals surface area contributed by atoms with E-state index in [0.717, 1.165) is 36.5 Å². The summed E-state index contributed by atoms with van der Waals surface area (Å²) >= 11 is 9.67. The van der Waals surface area contributed by atoms with Crippen molar-refractivity contribution >= 4 is 44.8 Å². The molecule has 1 amide bonds. The van der Waals surface area contributed by atoms with Crippen LogP contribution in [0.1, 0.15) is 10.4 Å². The molecule has 5 nitrogen and oxygen atoms in total. The molecule has 1 N–H and O–H groups in total. The molecular formula is C18H18BrClN2O3. The standard InChI is InChI=1S/C18H18BrClN2O3/c1-24-17-5-2-12(10-15(17)20)18(23)21-13-3-4-16(14(19)11-13)22-6-8-25-9-7-22/h2-5,10-11H,6-9H2,1H3,(H,21,23). The molecule has 1 heterocycles. The van der Waals surface area contributed by atoms with E-state index in [1.165, 1.54) is 7.11 Å². The van der Waals surface area contributed by atoms with Crippen LogP contribution in [0.5, 0.6) is 5.75 Å². The van der Waals surface area contributed by atoms with Crippen LogP contribution >= 0.6 is 27.5 Å². The molecule has 0 aliphatic carbocycles. The van der Waals surface area contributed by atoms with E-state index in [0.29, 0.717) is 22.0 Å². The van der Waals surface area contributed by atoms with Crippen LogP contribution in [0.3, 0.4) is 0 Å². The lowest BCUT2D eigenvalue weighted by molar-refractivity contribution is 0.102. The minimum absolute atomic E-state index is 0.226. The van der Waals surface area contributed by atoms with E-state index in [-0.39, 0.29) is 5.91 Å². The van der Waals surface area contributed by atoms with Gasteiger partial charge in [0.05, 0.1) is 31.0 Å². The number of halogens is 2. The molecule has 1 aliphatic heterocycles. The first kappa shape index (κ1) is 18.0. The molecule has 0 saturated carbocycles. The fourth-order valence-corrected chi connectivity index (χ4v) is 3.54. The van der Waals surface area contributed by atoms with Crippen LogP contribution in [0.15, 0.2) is 40.9 Å². The van der Waals surface area contributed by atoms with Crippen LogP contribution in [-0.4, -0.2) is 39.3 Å². The van der Waals surface area contributed by atoms with Crippen molar-refractivity contribution in [2.24, 2.45) is 0 Å². The summed E-state index contributed by atoms with van der Waals surface area (Å²) < 4.78 is 11.4. The molecule has 25 heavy (non-hydrogen) atoms. The average Bonchev–Trinajstić information content (AvgIpc) is 2.62. The Morgan fingerprint density at radius 2 is 2.00 bits per heavy atom. The fraction of sp³-hybridized carbons (Fsp3) is 0.278. The normalized spacial score (nSPS) is 14.3. The number of carbonyl (C=O) groups excluding carboxylic acids is 1. The van der Waals surface area contributed by atoms with Crippen molar-refractivity contribution < 1.29 is 14.3 Å². The molecule has 1 fully saturated rings. The third-order valence-electron chi connectivity index (χ3n) is 3.97. The Balaban J connectivity index is 1.73. The number of carbonyl (C=O) groups is 1. The Hall–Kier alpha value is -1.76. The summed E-state index contributed by atoms with van der Waals surface area (Å²) in [5.41, 5.74) is 2.27. The van der Waals surface area contributed by atoms with Gasteiger partial charge in [-0.2, -0.15) is 0 Å². The summed E-state index contributed by atoms with van der Waals surface area (Å²) in [6, 6.07) is 10.7. The maximum absolute atomic E-state index is 12.4. The number of nitrogens with zero attached hydrogens (tertiary/aromatic N) is 1. The number of hydrogen-bond donors (Lipinski definition) is 1. The maximum Gasteiger partial charge on any atom is 0.255 e. The van der Waals surface area contributed by atoms with Crippen LogP contribution in [-0.2, 0) is 4.74 Å². The molecule has 0 bridgehead atoms. The van der Waals surface area contributed by atoms with Gasteiger partial charge in [-0.15, -0.1) is 0 Å². The topological polar surface area (TPSA) is 50.8 Å². The van der Waals surface area contributed by atoms with Crippen LogP contribution in [0.25, 0.3) is 0 Å². The Morgan fingerprint density at radius 1 is 1.24 bits per heavy atom. The number of nitrogens with one attached hydrogen (secondary N) is 1. The molecule has 132 valence electrons. The van der Waals surface area contributed by atoms with Gasteiger partial charge in [0.25, 0.3) is 5.91 Å². The first-order valence-corrected chi connectivity index (χ1v) is 9.02. The molecule has 0 radical (unpaired) electrons. The number of amides is 1. The van der Waals surface area contributed by atoms with Crippen molar-refractivity contribution in [3.8, 4) is 5.75 Å². The lowest BCUT2D eigenvalue weighted by atomic mass is 10.2. The second-order valence-corrected chi connectivity index (χ2v) is 6.83. The summed E-state index contributed by atoms with van der Waals surface area (Å²) in [5, 5.41) is 3.28. The Morgan fingerprint density at radius 3 is 2.64 bits per heavy atom. The van der Waals surface area contributed by atoms with Gasteiger partial charge in [-0.3, -0.25) is 4.79 Å². The van der Waals surface area contributed by atoms with Crippen molar-refractivity contribution in [2.45, 2.75) is 0 Å². The highest BCUT2D eigenvalue weighted by Crippen LogP contribution is 2.30. The minimum atomic E-state index is -0.226. The number of morpholine rings is 1. The van der Waals surface area contributed by atoms with Gasteiger partial charge in [0, 0.05) is 28.8 Å². The van der Waals surface area contributed by atoms with Gasteiger partial charge >= 0.3 is 0 Å². The molecule has 0 atom stereocenters. The highest BCUT2D eigenvalue weighted by Gasteiger charge is 2.15. The van der Waals surface area contributed by atoms with E-state index in [9.17, 15) is 4.79 Å². The summed E-state index contributed by atoms with van der Waals surface area (Å²) in [5.74, 6) is 0.311. The predicted molar refractivity (Wildman–Crippen MR) is 103 cm³/mol. The van der Waals surface area contributed by atoms with Crippen LogP contribution in [0.2, 0.25) is 5.02 Å². The molecule has 2 aromatic carbocycles. The van der Waals surface area contributed by atoms with Crippen molar-refractivity contribution in [3.05, 3.63) is 51.5 Å². The van der Waals surface area contributed by atoms with E-state index in [1.54, 1.807) is 18.2 Å². The van der Waals surface area contributed by atoms with Gasteiger partial charge < -0.3 is 19.7 Å². The van der Waals surface area contributed by atoms with Gasteiger partial charge in [0.15, 0.2) is 0 Å². The van der Waals surface area contributed by atoms with Gasteiger partial charge in [-0.05, 0) is 52.3 Å². The quantitative estimate of drug-likeness (QED) is 0.798. The Kier molecular flexibility index (Phi) is 5.83. The molecule has 2 aromatic rings. The summed E-state index contributed by atoms with van der Waals surface area (Å²) in [6.07, 6.45) is 0. The molecular weight excluding hydrogens is 408 g/mol. The zero-order valence-electron chi connectivity index (χ0n) is 13.7. The second kappa shape index (κ2) is 8.08. The Bertz CT molecular complexity index is 779. The van der Waals surface area contributed by atoms with Gasteiger partial charge in [-0.1, -0.05) is 11.6 Å². The van der Waals surface area contributed by atoms with E-state index >= 15 is 0 Å². The molecule has 3 rings (SSSR count). The SMILES string of the molecule is COc1ccc(C(=O)Nc2ccc(N3CCOCC3)c(Br)c2)cc1Cl. The molecule has 7 heteroatoms. The van der Waals surface area contributed by atoms with Gasteiger partial charge in [-0.25, -0.2) is 0 Å². The smallest absolute Gasteiger partial charge is 0.255 e. The minimum Gasteiger partial charge on any atom is -0.495 e. The van der Waals surface area contributed by atoms with Crippen LogP contribution < -0.4 is 15.0 Å². The van der Waals surface area contributed by atoms with E-state index < -0.39 is 0 Å². The molecule has 0 unspecified atom stereocenters. The van der Waals surface area contributed by atoms with Gasteiger partial charge in [0.1, 0.15) is 5.75 Å². The fourth-order valence-electron chi connectivity index (χ4n) is 2.66. The number of benzene rings is 2. The molecule has 0 aromatic heterocycles. The third kappa shape index (κ3) is 4.26. The van der Waals surface area contributed by atoms with Crippen molar-refractivity contribution in [1.82, 2.24) is 0 Å².